The summed E-state index contributed by atoms with van der Waals surface area (Å²) in [6.45, 7) is 1.78. The van der Waals surface area contributed by atoms with E-state index in [4.69, 9.17) is 5.73 Å². The molecule has 0 bridgehead atoms. The van der Waals surface area contributed by atoms with Crippen LogP contribution in [0.25, 0.3) is 0 Å². The minimum Gasteiger partial charge on any atom is -0.398 e. The van der Waals surface area contributed by atoms with E-state index in [1.807, 2.05) is 0 Å². The van der Waals surface area contributed by atoms with Crippen LogP contribution in [0.5, 0.6) is 0 Å². The van der Waals surface area contributed by atoms with E-state index in [1.54, 1.807) is 19.1 Å². The number of anilines is 2. The first-order valence-corrected chi connectivity index (χ1v) is 6.66. The predicted octanol–water partition coefficient (Wildman–Crippen LogP) is 2.90. The molecule has 0 radical (unpaired) electrons. The average Bonchev–Trinajstić information content (AvgIpc) is 2.43. The van der Waals surface area contributed by atoms with Crippen molar-refractivity contribution in [1.29, 1.82) is 0 Å². The summed E-state index contributed by atoms with van der Waals surface area (Å²) in [5.41, 5.74) is 6.39. The number of hydrogen-bond donors (Lipinski definition) is 2. The number of nitrogens with zero attached hydrogens (tertiary/aromatic N) is 2. The second-order valence-electron chi connectivity index (χ2n) is 4.25. The second kappa shape index (κ2) is 5.88. The zero-order chi connectivity index (χ0) is 15.6. The Morgan fingerprint density at radius 3 is 2.71 bits per heavy atom. The number of pyridine rings is 1. The number of nitro groups is 1. The van der Waals surface area contributed by atoms with Crippen LogP contribution in [0.4, 0.5) is 17.2 Å². The van der Waals surface area contributed by atoms with Gasteiger partial charge in [0, 0.05) is 22.3 Å². The highest BCUT2D eigenvalue weighted by Crippen LogP contribution is 2.21. The van der Waals surface area contributed by atoms with Gasteiger partial charge in [0.05, 0.1) is 16.2 Å². The number of carbonyl (C=O) groups excluding carboxylic acids is 1. The van der Waals surface area contributed by atoms with Crippen LogP contribution in [0.2, 0.25) is 0 Å². The van der Waals surface area contributed by atoms with Gasteiger partial charge in [0.2, 0.25) is 0 Å². The lowest BCUT2D eigenvalue weighted by Crippen LogP contribution is -2.15. The molecule has 0 atom stereocenters. The standard InChI is InChI=1S/C13H11BrN4O3/c1-7-10(14)3-5-12(16-7)17-13(19)9-6-8(18(20)21)2-4-11(9)15/h2-6H,15H2,1H3,(H,16,17,19). The number of nitrogens with one attached hydrogen (secondary N) is 1. The van der Waals surface area contributed by atoms with Gasteiger partial charge in [-0.3, -0.25) is 14.9 Å². The maximum Gasteiger partial charge on any atom is 0.270 e. The maximum atomic E-state index is 12.1. The van der Waals surface area contributed by atoms with Crippen LogP contribution in [-0.4, -0.2) is 15.8 Å². The zero-order valence-electron chi connectivity index (χ0n) is 11.0. The Kier molecular flexibility index (Phi) is 4.18. The summed E-state index contributed by atoms with van der Waals surface area (Å²) >= 11 is 3.31. The molecule has 1 amide bonds. The molecule has 0 fully saturated rings. The number of aromatic nitrogens is 1. The summed E-state index contributed by atoms with van der Waals surface area (Å²) in [6.07, 6.45) is 0. The first-order chi connectivity index (χ1) is 9.88. The van der Waals surface area contributed by atoms with Crippen LogP contribution in [0.15, 0.2) is 34.8 Å². The normalized spacial score (nSPS) is 10.2. The Morgan fingerprint density at radius 2 is 2.10 bits per heavy atom. The second-order valence-corrected chi connectivity index (χ2v) is 5.10. The van der Waals surface area contributed by atoms with Crippen molar-refractivity contribution in [3.63, 3.8) is 0 Å². The smallest absolute Gasteiger partial charge is 0.270 e. The third kappa shape index (κ3) is 3.34. The number of rotatable bonds is 3. The lowest BCUT2D eigenvalue weighted by molar-refractivity contribution is -0.384. The third-order valence-electron chi connectivity index (χ3n) is 2.76. The summed E-state index contributed by atoms with van der Waals surface area (Å²) in [5, 5.41) is 13.3. The molecule has 108 valence electrons. The SMILES string of the molecule is Cc1nc(NC(=O)c2cc([N+](=O)[O-])ccc2N)ccc1Br. The molecule has 7 nitrogen and oxygen atoms in total. The quantitative estimate of drug-likeness (QED) is 0.502. The van der Waals surface area contributed by atoms with Gasteiger partial charge >= 0.3 is 0 Å². The molecule has 8 heteroatoms. The van der Waals surface area contributed by atoms with E-state index in [2.05, 4.69) is 26.2 Å². The molecule has 1 aromatic carbocycles. The molecule has 1 heterocycles. The fourth-order valence-corrected chi connectivity index (χ4v) is 1.87. The molecule has 0 saturated carbocycles. The van der Waals surface area contributed by atoms with Crippen molar-refractivity contribution in [1.82, 2.24) is 4.98 Å². The number of carbonyl (C=O) groups is 1. The minimum atomic E-state index is -0.585. The number of aryl methyl sites for hydroxylation is 1. The molecule has 1 aromatic heterocycles. The van der Waals surface area contributed by atoms with Crippen molar-refractivity contribution in [2.75, 3.05) is 11.1 Å². The van der Waals surface area contributed by atoms with Crippen LogP contribution in [0.3, 0.4) is 0 Å². The molecule has 0 aliphatic heterocycles. The van der Waals surface area contributed by atoms with E-state index in [0.29, 0.717) is 11.5 Å². The van der Waals surface area contributed by atoms with Crippen LogP contribution >= 0.6 is 15.9 Å². The van der Waals surface area contributed by atoms with Gasteiger partial charge in [0.25, 0.3) is 11.6 Å². The third-order valence-corrected chi connectivity index (χ3v) is 3.59. The van der Waals surface area contributed by atoms with Gasteiger partial charge in [0.1, 0.15) is 5.82 Å². The molecule has 0 aliphatic rings. The van der Waals surface area contributed by atoms with E-state index < -0.39 is 10.8 Å². The molecule has 0 saturated heterocycles. The lowest BCUT2D eigenvalue weighted by Gasteiger charge is -2.08. The van der Waals surface area contributed by atoms with E-state index >= 15 is 0 Å². The van der Waals surface area contributed by atoms with Crippen molar-refractivity contribution < 1.29 is 9.72 Å². The van der Waals surface area contributed by atoms with Crippen molar-refractivity contribution in [2.24, 2.45) is 0 Å². The summed E-state index contributed by atoms with van der Waals surface area (Å²) in [7, 11) is 0. The predicted molar refractivity (Wildman–Crippen MR) is 82.1 cm³/mol. The molecule has 2 aromatic rings. The average molecular weight is 351 g/mol. The van der Waals surface area contributed by atoms with Gasteiger partial charge in [-0.05, 0) is 41.1 Å². The number of amides is 1. The Morgan fingerprint density at radius 1 is 1.38 bits per heavy atom. The molecule has 21 heavy (non-hydrogen) atoms. The summed E-state index contributed by atoms with van der Waals surface area (Å²) < 4.78 is 0.815. The topological polar surface area (TPSA) is 111 Å². The fourth-order valence-electron chi connectivity index (χ4n) is 1.65. The van der Waals surface area contributed by atoms with Crippen LogP contribution in [0.1, 0.15) is 16.1 Å². The highest BCUT2D eigenvalue weighted by Gasteiger charge is 2.16. The van der Waals surface area contributed by atoms with Crippen molar-refractivity contribution >= 4 is 39.0 Å². The molecule has 0 aliphatic carbocycles. The highest BCUT2D eigenvalue weighted by molar-refractivity contribution is 9.10. The first-order valence-electron chi connectivity index (χ1n) is 5.87. The van der Waals surface area contributed by atoms with Gasteiger partial charge in [-0.15, -0.1) is 0 Å². The van der Waals surface area contributed by atoms with E-state index in [0.717, 1.165) is 10.5 Å². The van der Waals surface area contributed by atoms with Gasteiger partial charge in [-0.1, -0.05) is 0 Å². The van der Waals surface area contributed by atoms with Gasteiger partial charge in [0.15, 0.2) is 0 Å². The molecular weight excluding hydrogens is 340 g/mol. The van der Waals surface area contributed by atoms with Gasteiger partial charge in [-0.25, -0.2) is 4.98 Å². The summed E-state index contributed by atoms with van der Waals surface area (Å²) in [4.78, 5) is 26.5. The maximum absolute atomic E-state index is 12.1. The Hall–Kier alpha value is -2.48. The largest absolute Gasteiger partial charge is 0.398 e. The van der Waals surface area contributed by atoms with Gasteiger partial charge in [-0.2, -0.15) is 0 Å². The number of nitro benzene ring substituents is 1. The Labute approximate surface area is 128 Å². The number of benzene rings is 1. The first kappa shape index (κ1) is 14.9. The highest BCUT2D eigenvalue weighted by atomic mass is 79.9. The van der Waals surface area contributed by atoms with Crippen LogP contribution in [-0.2, 0) is 0 Å². The molecule has 0 spiro atoms. The van der Waals surface area contributed by atoms with E-state index in [9.17, 15) is 14.9 Å². The number of hydrogen-bond acceptors (Lipinski definition) is 5. The number of nitrogen functional groups attached to an aromatic ring is 1. The number of non-ortho nitro benzene ring substituents is 1. The molecule has 0 unspecified atom stereocenters. The lowest BCUT2D eigenvalue weighted by atomic mass is 10.1. The number of halogens is 1. The minimum absolute atomic E-state index is 0.0339. The fraction of sp³-hybridized carbons (Fsp3) is 0.0769. The zero-order valence-corrected chi connectivity index (χ0v) is 12.5. The number of nitrogens with two attached hydrogens (primary N) is 1. The summed E-state index contributed by atoms with van der Waals surface area (Å²) in [6, 6.07) is 7.06. The molecule has 2 rings (SSSR count). The van der Waals surface area contributed by atoms with Crippen LogP contribution in [0, 0.1) is 17.0 Å². The monoisotopic (exact) mass is 350 g/mol. The Bertz CT molecular complexity index is 733. The van der Waals surface area contributed by atoms with Gasteiger partial charge < -0.3 is 11.1 Å². The van der Waals surface area contributed by atoms with E-state index in [-0.39, 0.29) is 16.9 Å². The van der Waals surface area contributed by atoms with Crippen molar-refractivity contribution in [2.45, 2.75) is 6.92 Å². The Balaban J connectivity index is 2.29. The summed E-state index contributed by atoms with van der Waals surface area (Å²) in [5.74, 6) is -0.211. The van der Waals surface area contributed by atoms with Crippen molar-refractivity contribution in [3.8, 4) is 0 Å². The van der Waals surface area contributed by atoms with E-state index in [1.165, 1.54) is 12.1 Å². The molecule has 3 N–H and O–H groups in total. The van der Waals surface area contributed by atoms with Crippen molar-refractivity contribution in [3.05, 3.63) is 56.2 Å². The van der Waals surface area contributed by atoms with Crippen LogP contribution < -0.4 is 11.1 Å². The molecular formula is C13H11BrN4O3.